The van der Waals surface area contributed by atoms with Crippen molar-refractivity contribution in [1.29, 1.82) is 0 Å². The van der Waals surface area contributed by atoms with E-state index in [0.717, 1.165) is 24.3 Å². The molecule has 0 spiro atoms. The second kappa shape index (κ2) is 3.81. The molecule has 86 valence electrons. The van der Waals surface area contributed by atoms with Gasteiger partial charge in [0.05, 0.1) is 12.8 Å². The lowest BCUT2D eigenvalue weighted by Gasteiger charge is -2.33. The van der Waals surface area contributed by atoms with E-state index in [4.69, 9.17) is 9.94 Å². The van der Waals surface area contributed by atoms with Crippen molar-refractivity contribution < 1.29 is 9.94 Å². The molecule has 1 aliphatic carbocycles. The first-order chi connectivity index (χ1) is 7.59. The molecule has 0 amide bonds. The van der Waals surface area contributed by atoms with Crippen LogP contribution in [0.4, 0.5) is 0 Å². The van der Waals surface area contributed by atoms with Gasteiger partial charge in [-0.25, -0.2) is 0 Å². The van der Waals surface area contributed by atoms with Crippen LogP contribution in [0.5, 0.6) is 5.75 Å². The Kier molecular flexibility index (Phi) is 2.62. The van der Waals surface area contributed by atoms with Crippen LogP contribution in [0.1, 0.15) is 31.4 Å². The number of fused-ring (bicyclic) bond motifs is 1. The maximum atomic E-state index is 9.04. The van der Waals surface area contributed by atoms with E-state index >= 15 is 0 Å². The number of nitrogens with zero attached hydrogens (tertiary/aromatic N) is 1. The smallest absolute Gasteiger partial charge is 0.119 e. The van der Waals surface area contributed by atoms with Crippen molar-refractivity contribution in [3.63, 3.8) is 0 Å². The number of rotatable bonds is 1. The fourth-order valence-corrected chi connectivity index (χ4v) is 2.38. The third kappa shape index (κ3) is 1.56. The summed E-state index contributed by atoms with van der Waals surface area (Å²) in [5, 5.41) is 12.5. The Hall–Kier alpha value is -1.51. The average molecular weight is 219 g/mol. The lowest BCUT2D eigenvalue weighted by Crippen LogP contribution is -2.34. The normalized spacial score (nSPS) is 20.6. The molecule has 0 fully saturated rings. The first kappa shape index (κ1) is 11.0. The van der Waals surface area contributed by atoms with Crippen LogP contribution in [0.15, 0.2) is 23.4 Å². The van der Waals surface area contributed by atoms with E-state index in [1.807, 2.05) is 12.1 Å². The van der Waals surface area contributed by atoms with Gasteiger partial charge in [0.1, 0.15) is 5.75 Å². The van der Waals surface area contributed by atoms with Gasteiger partial charge in [0.25, 0.3) is 0 Å². The molecule has 0 saturated heterocycles. The predicted octanol–water partition coefficient (Wildman–Crippen LogP) is 2.75. The van der Waals surface area contributed by atoms with Crippen molar-refractivity contribution in [3.8, 4) is 5.75 Å². The van der Waals surface area contributed by atoms with Gasteiger partial charge >= 0.3 is 0 Å². The van der Waals surface area contributed by atoms with Gasteiger partial charge in [-0.3, -0.25) is 0 Å². The molecule has 0 bridgehead atoms. The minimum absolute atomic E-state index is 0.211. The van der Waals surface area contributed by atoms with Gasteiger partial charge < -0.3 is 9.94 Å². The van der Waals surface area contributed by atoms with Crippen LogP contribution in [-0.4, -0.2) is 18.0 Å². The monoisotopic (exact) mass is 219 g/mol. The molecule has 1 N–H and O–H groups in total. The average Bonchev–Trinajstić information content (AvgIpc) is 2.29. The zero-order chi connectivity index (χ0) is 11.8. The van der Waals surface area contributed by atoms with Gasteiger partial charge in [-0.1, -0.05) is 25.1 Å². The van der Waals surface area contributed by atoms with Crippen LogP contribution in [-0.2, 0) is 11.8 Å². The van der Waals surface area contributed by atoms with E-state index in [9.17, 15) is 0 Å². The van der Waals surface area contributed by atoms with Crippen LogP contribution in [0.2, 0.25) is 0 Å². The minimum atomic E-state index is -0.211. The van der Waals surface area contributed by atoms with Crippen LogP contribution in [0, 0.1) is 0 Å². The Morgan fingerprint density at radius 1 is 1.31 bits per heavy atom. The summed E-state index contributed by atoms with van der Waals surface area (Å²) in [6, 6.07) is 6.12. The first-order valence-electron chi connectivity index (χ1n) is 5.48. The molecule has 0 aliphatic heterocycles. The lowest BCUT2D eigenvalue weighted by molar-refractivity contribution is 0.311. The molecule has 1 aromatic carbocycles. The molecule has 0 unspecified atom stereocenters. The molecule has 16 heavy (non-hydrogen) atoms. The van der Waals surface area contributed by atoms with Crippen LogP contribution in [0.3, 0.4) is 0 Å². The van der Waals surface area contributed by atoms with Crippen molar-refractivity contribution in [2.24, 2.45) is 5.16 Å². The molecular weight excluding hydrogens is 202 g/mol. The zero-order valence-corrected chi connectivity index (χ0v) is 9.95. The quantitative estimate of drug-likeness (QED) is 0.583. The summed E-state index contributed by atoms with van der Waals surface area (Å²) in [4.78, 5) is 0. The van der Waals surface area contributed by atoms with Gasteiger partial charge in [0.15, 0.2) is 0 Å². The molecule has 0 aromatic heterocycles. The molecule has 3 nitrogen and oxygen atoms in total. The molecule has 3 heteroatoms. The van der Waals surface area contributed by atoms with Gasteiger partial charge in [0.2, 0.25) is 0 Å². The van der Waals surface area contributed by atoms with Gasteiger partial charge in [-0.15, -0.1) is 0 Å². The van der Waals surface area contributed by atoms with Crippen molar-refractivity contribution >= 4 is 5.71 Å². The van der Waals surface area contributed by atoms with E-state index in [2.05, 4.69) is 25.1 Å². The standard InChI is InChI=1S/C13H17NO2/c1-13(2)11-8-10(16-3)6-4-9(11)5-7-12(13)14-15/h4,6,8,15H,5,7H2,1-3H3/b14-12-. The summed E-state index contributed by atoms with van der Waals surface area (Å²) in [5.74, 6) is 0.853. The van der Waals surface area contributed by atoms with Gasteiger partial charge in [0, 0.05) is 5.41 Å². The molecule has 2 rings (SSSR count). The van der Waals surface area contributed by atoms with Crippen molar-refractivity contribution in [2.75, 3.05) is 7.11 Å². The Bertz CT molecular complexity index is 436. The molecular formula is C13H17NO2. The highest BCUT2D eigenvalue weighted by Gasteiger charge is 2.34. The fourth-order valence-electron chi connectivity index (χ4n) is 2.38. The fraction of sp³-hybridized carbons (Fsp3) is 0.462. The highest BCUT2D eigenvalue weighted by molar-refractivity contribution is 5.95. The maximum Gasteiger partial charge on any atom is 0.119 e. The number of aryl methyl sites for hydroxylation is 1. The Balaban J connectivity index is 2.56. The summed E-state index contributed by atoms with van der Waals surface area (Å²) in [6.07, 6.45) is 1.75. The third-order valence-electron chi connectivity index (χ3n) is 3.46. The van der Waals surface area contributed by atoms with Gasteiger partial charge in [-0.05, 0) is 36.1 Å². The molecule has 1 aromatic rings. The largest absolute Gasteiger partial charge is 0.497 e. The first-order valence-corrected chi connectivity index (χ1v) is 5.48. The summed E-state index contributed by atoms with van der Waals surface area (Å²) in [5.41, 5.74) is 3.15. The highest BCUT2D eigenvalue weighted by Crippen LogP contribution is 2.36. The van der Waals surface area contributed by atoms with E-state index in [0.29, 0.717) is 0 Å². The van der Waals surface area contributed by atoms with Crippen LogP contribution < -0.4 is 4.74 Å². The van der Waals surface area contributed by atoms with Crippen LogP contribution in [0.25, 0.3) is 0 Å². The van der Waals surface area contributed by atoms with Crippen molar-refractivity contribution in [1.82, 2.24) is 0 Å². The number of hydrogen-bond donors (Lipinski definition) is 1. The summed E-state index contributed by atoms with van der Waals surface area (Å²) in [6.45, 7) is 4.17. The number of methoxy groups -OCH3 is 1. The SMILES string of the molecule is COc1ccc2c(c1)C(C)(C)/C(=N\O)CC2. The second-order valence-corrected chi connectivity index (χ2v) is 4.69. The lowest BCUT2D eigenvalue weighted by atomic mass is 9.71. The van der Waals surface area contributed by atoms with E-state index in [1.54, 1.807) is 7.11 Å². The number of hydrogen-bond acceptors (Lipinski definition) is 3. The number of ether oxygens (including phenoxy) is 1. The second-order valence-electron chi connectivity index (χ2n) is 4.69. The topological polar surface area (TPSA) is 41.8 Å². The Morgan fingerprint density at radius 3 is 2.69 bits per heavy atom. The number of oxime groups is 1. The highest BCUT2D eigenvalue weighted by atomic mass is 16.5. The summed E-state index contributed by atoms with van der Waals surface area (Å²) in [7, 11) is 1.67. The summed E-state index contributed by atoms with van der Waals surface area (Å²) >= 11 is 0. The Labute approximate surface area is 95.7 Å². The van der Waals surface area contributed by atoms with E-state index < -0.39 is 0 Å². The van der Waals surface area contributed by atoms with Gasteiger partial charge in [-0.2, -0.15) is 0 Å². The predicted molar refractivity (Wildman–Crippen MR) is 63.6 cm³/mol. The van der Waals surface area contributed by atoms with Crippen molar-refractivity contribution in [2.45, 2.75) is 32.1 Å². The molecule has 0 atom stereocenters. The molecule has 0 radical (unpaired) electrons. The summed E-state index contributed by atoms with van der Waals surface area (Å²) < 4.78 is 5.24. The van der Waals surface area contributed by atoms with Crippen LogP contribution >= 0.6 is 0 Å². The minimum Gasteiger partial charge on any atom is -0.497 e. The molecule has 1 aliphatic rings. The number of benzene rings is 1. The molecule has 0 heterocycles. The third-order valence-corrected chi connectivity index (χ3v) is 3.46. The maximum absolute atomic E-state index is 9.04. The van der Waals surface area contributed by atoms with Crippen molar-refractivity contribution in [3.05, 3.63) is 29.3 Å². The zero-order valence-electron chi connectivity index (χ0n) is 9.95. The van der Waals surface area contributed by atoms with E-state index in [-0.39, 0.29) is 5.41 Å². The molecule has 0 saturated carbocycles. The van der Waals surface area contributed by atoms with E-state index in [1.165, 1.54) is 11.1 Å². The Morgan fingerprint density at radius 2 is 2.06 bits per heavy atom.